The van der Waals surface area contributed by atoms with Gasteiger partial charge in [-0.2, -0.15) is 8.78 Å². The Morgan fingerprint density at radius 2 is 1.88 bits per heavy atom. The fourth-order valence-electron chi connectivity index (χ4n) is 3.32. The van der Waals surface area contributed by atoms with Crippen LogP contribution in [-0.4, -0.2) is 50.2 Å². The van der Waals surface area contributed by atoms with E-state index in [1.807, 2.05) is 0 Å². The maximum absolute atomic E-state index is 12.5. The summed E-state index contributed by atoms with van der Waals surface area (Å²) in [4.78, 5) is 6.76. The molecule has 1 saturated heterocycles. The van der Waals surface area contributed by atoms with Crippen LogP contribution in [0.3, 0.4) is 0 Å². The number of aliphatic imine (C=N–C) groups is 1. The molecule has 1 aliphatic heterocycles. The van der Waals surface area contributed by atoms with Crippen molar-refractivity contribution in [1.82, 2.24) is 15.5 Å². The highest BCUT2D eigenvalue weighted by molar-refractivity contribution is 5.79. The molecular weight excluding hydrogens is 338 g/mol. The first-order chi connectivity index (χ1) is 12.5. The molecule has 0 radical (unpaired) electrons. The van der Waals surface area contributed by atoms with Gasteiger partial charge in [-0.05, 0) is 37.9 Å². The van der Waals surface area contributed by atoms with Gasteiger partial charge < -0.3 is 15.4 Å². The van der Waals surface area contributed by atoms with Gasteiger partial charge in [-0.25, -0.2) is 0 Å². The molecule has 0 amide bonds. The van der Waals surface area contributed by atoms with E-state index in [-0.39, 0.29) is 5.75 Å². The van der Waals surface area contributed by atoms with E-state index in [4.69, 9.17) is 0 Å². The number of likely N-dealkylation sites (tertiary alicyclic amines) is 1. The molecule has 2 N–H and O–H groups in total. The van der Waals surface area contributed by atoms with Crippen LogP contribution >= 0.6 is 0 Å². The minimum Gasteiger partial charge on any atom is -0.434 e. The van der Waals surface area contributed by atoms with Crippen molar-refractivity contribution >= 4 is 5.96 Å². The van der Waals surface area contributed by atoms with Gasteiger partial charge >= 0.3 is 6.61 Å². The molecule has 0 bridgehead atoms. The quantitative estimate of drug-likeness (QED) is 0.547. The first kappa shape index (κ1) is 20.4. The SMILES string of the molecule is CN=C(NCc1ccccc1OC(F)F)NCC(C(C)C)N1CCCC1. The normalized spacial score (nSPS) is 17.0. The van der Waals surface area contributed by atoms with Gasteiger partial charge in [0, 0.05) is 31.7 Å². The van der Waals surface area contributed by atoms with Crippen molar-refractivity contribution in [3.63, 3.8) is 0 Å². The summed E-state index contributed by atoms with van der Waals surface area (Å²) >= 11 is 0. The molecule has 5 nitrogen and oxygen atoms in total. The second kappa shape index (κ2) is 10.3. The molecule has 0 aromatic heterocycles. The smallest absolute Gasteiger partial charge is 0.387 e. The van der Waals surface area contributed by atoms with E-state index in [1.54, 1.807) is 31.3 Å². The molecule has 2 rings (SSSR count). The Labute approximate surface area is 154 Å². The van der Waals surface area contributed by atoms with Crippen molar-refractivity contribution in [3.8, 4) is 5.75 Å². The van der Waals surface area contributed by atoms with Crippen LogP contribution in [0.15, 0.2) is 29.3 Å². The number of benzene rings is 1. The van der Waals surface area contributed by atoms with Crippen LogP contribution in [0.1, 0.15) is 32.3 Å². The van der Waals surface area contributed by atoms with Crippen LogP contribution in [-0.2, 0) is 6.54 Å². The van der Waals surface area contributed by atoms with Crippen LogP contribution in [0, 0.1) is 5.92 Å². The Hall–Kier alpha value is -1.89. The Morgan fingerprint density at radius 1 is 1.19 bits per heavy atom. The largest absolute Gasteiger partial charge is 0.434 e. The van der Waals surface area contributed by atoms with Crippen molar-refractivity contribution in [1.29, 1.82) is 0 Å². The minimum atomic E-state index is -2.83. The fourth-order valence-corrected chi connectivity index (χ4v) is 3.32. The van der Waals surface area contributed by atoms with Gasteiger partial charge in [0.15, 0.2) is 5.96 Å². The maximum atomic E-state index is 12.5. The second-order valence-electron chi connectivity index (χ2n) is 6.85. The first-order valence-electron chi connectivity index (χ1n) is 9.22. The number of guanidine groups is 1. The highest BCUT2D eigenvalue weighted by atomic mass is 19.3. The van der Waals surface area contributed by atoms with Crippen LogP contribution < -0.4 is 15.4 Å². The van der Waals surface area contributed by atoms with Crippen LogP contribution in [0.5, 0.6) is 5.75 Å². The van der Waals surface area contributed by atoms with E-state index < -0.39 is 6.61 Å². The van der Waals surface area contributed by atoms with E-state index in [2.05, 4.69) is 39.1 Å². The fraction of sp³-hybridized carbons (Fsp3) is 0.632. The number of para-hydroxylation sites is 1. The zero-order valence-corrected chi connectivity index (χ0v) is 15.8. The number of alkyl halides is 2. The molecule has 7 heteroatoms. The summed E-state index contributed by atoms with van der Waals surface area (Å²) in [5.41, 5.74) is 0.663. The van der Waals surface area contributed by atoms with Crippen molar-refractivity contribution in [2.24, 2.45) is 10.9 Å². The topological polar surface area (TPSA) is 48.9 Å². The molecule has 1 aromatic carbocycles. The van der Waals surface area contributed by atoms with Crippen molar-refractivity contribution in [3.05, 3.63) is 29.8 Å². The summed E-state index contributed by atoms with van der Waals surface area (Å²) in [7, 11) is 1.71. The third-order valence-corrected chi connectivity index (χ3v) is 4.72. The molecule has 26 heavy (non-hydrogen) atoms. The highest BCUT2D eigenvalue weighted by Gasteiger charge is 2.24. The molecule has 0 saturated carbocycles. The van der Waals surface area contributed by atoms with Crippen LogP contribution in [0.2, 0.25) is 0 Å². The van der Waals surface area contributed by atoms with E-state index in [1.165, 1.54) is 12.8 Å². The summed E-state index contributed by atoms with van der Waals surface area (Å²) in [6, 6.07) is 7.23. The van der Waals surface area contributed by atoms with Gasteiger partial charge in [-0.1, -0.05) is 32.0 Å². The Morgan fingerprint density at radius 3 is 2.50 bits per heavy atom. The number of rotatable bonds is 8. The summed E-state index contributed by atoms with van der Waals surface area (Å²) in [5.74, 6) is 1.38. The molecule has 1 aliphatic rings. The molecule has 1 heterocycles. The monoisotopic (exact) mass is 368 g/mol. The van der Waals surface area contributed by atoms with E-state index >= 15 is 0 Å². The molecule has 146 valence electrons. The predicted octanol–water partition coefficient (Wildman–Crippen LogP) is 3.07. The second-order valence-corrected chi connectivity index (χ2v) is 6.85. The number of hydrogen-bond acceptors (Lipinski definition) is 3. The van der Waals surface area contributed by atoms with Gasteiger partial charge in [0.25, 0.3) is 0 Å². The average molecular weight is 368 g/mol. The molecular formula is C19H30F2N4O. The zero-order valence-electron chi connectivity index (χ0n) is 15.8. The van der Waals surface area contributed by atoms with Gasteiger partial charge in [0.1, 0.15) is 5.75 Å². The third-order valence-electron chi connectivity index (χ3n) is 4.72. The Balaban J connectivity index is 1.89. The van der Waals surface area contributed by atoms with Crippen molar-refractivity contribution in [2.45, 2.75) is 45.9 Å². The van der Waals surface area contributed by atoms with Crippen LogP contribution in [0.25, 0.3) is 0 Å². The molecule has 1 unspecified atom stereocenters. The van der Waals surface area contributed by atoms with Gasteiger partial charge in [0.2, 0.25) is 0 Å². The maximum Gasteiger partial charge on any atom is 0.387 e. The van der Waals surface area contributed by atoms with Gasteiger partial charge in [0.05, 0.1) is 0 Å². The lowest BCUT2D eigenvalue weighted by atomic mass is 10.0. The Bertz CT molecular complexity index is 574. The molecule has 0 spiro atoms. The van der Waals surface area contributed by atoms with E-state index in [0.29, 0.717) is 30.0 Å². The summed E-state index contributed by atoms with van der Waals surface area (Å²) in [6.45, 7) is 5.09. The third kappa shape index (κ3) is 6.12. The van der Waals surface area contributed by atoms with E-state index in [9.17, 15) is 8.78 Å². The number of nitrogens with one attached hydrogen (secondary N) is 2. The standard InChI is InChI=1S/C19H30F2N4O/c1-14(2)16(25-10-6-7-11-25)13-24-19(22-3)23-12-15-8-4-5-9-17(15)26-18(20)21/h4-5,8-9,14,16,18H,6-7,10-13H2,1-3H3,(H2,22,23,24). The lowest BCUT2D eigenvalue weighted by Crippen LogP contribution is -2.48. The van der Waals surface area contributed by atoms with Crippen molar-refractivity contribution < 1.29 is 13.5 Å². The summed E-state index contributed by atoms with van der Waals surface area (Å²) < 4.78 is 29.6. The number of halogens is 2. The molecule has 0 aliphatic carbocycles. The van der Waals surface area contributed by atoms with Gasteiger partial charge in [-0.15, -0.1) is 0 Å². The summed E-state index contributed by atoms with van der Waals surface area (Å²) in [5, 5.41) is 6.55. The zero-order chi connectivity index (χ0) is 18.9. The Kier molecular flexibility index (Phi) is 8.09. The first-order valence-corrected chi connectivity index (χ1v) is 9.22. The predicted molar refractivity (Wildman–Crippen MR) is 101 cm³/mol. The number of nitrogens with zero attached hydrogens (tertiary/aromatic N) is 2. The van der Waals surface area contributed by atoms with Crippen LogP contribution in [0.4, 0.5) is 8.78 Å². The lowest BCUT2D eigenvalue weighted by Gasteiger charge is -2.31. The van der Waals surface area contributed by atoms with Gasteiger partial charge in [-0.3, -0.25) is 9.89 Å². The van der Waals surface area contributed by atoms with E-state index in [0.717, 1.165) is 19.6 Å². The summed E-state index contributed by atoms with van der Waals surface area (Å²) in [6.07, 6.45) is 2.52. The molecule has 1 aromatic rings. The molecule has 1 fully saturated rings. The number of ether oxygens (including phenoxy) is 1. The minimum absolute atomic E-state index is 0.183. The highest BCUT2D eigenvalue weighted by Crippen LogP contribution is 2.20. The molecule has 1 atom stereocenters. The number of hydrogen-bond donors (Lipinski definition) is 2. The lowest BCUT2D eigenvalue weighted by molar-refractivity contribution is -0.0504. The van der Waals surface area contributed by atoms with Crippen molar-refractivity contribution in [2.75, 3.05) is 26.7 Å². The average Bonchev–Trinajstić information content (AvgIpc) is 3.12.